The maximum atomic E-state index is 5.88. The smallest absolute Gasteiger partial charge is 0.129 e. The molecular weight excluding hydrogens is 262 g/mol. The highest BCUT2D eigenvalue weighted by molar-refractivity contribution is 5.45. The van der Waals surface area contributed by atoms with Crippen LogP contribution in [0.2, 0.25) is 0 Å². The molecule has 0 saturated carbocycles. The van der Waals surface area contributed by atoms with Gasteiger partial charge in [0.15, 0.2) is 0 Å². The molecule has 2 unspecified atom stereocenters. The molecule has 1 saturated heterocycles. The van der Waals surface area contributed by atoms with Gasteiger partial charge in [0.2, 0.25) is 0 Å². The molecular formula is C17H29N3O. The van der Waals surface area contributed by atoms with E-state index >= 15 is 0 Å². The Kier molecular flexibility index (Phi) is 4.89. The van der Waals surface area contributed by atoms with Crippen molar-refractivity contribution in [1.82, 2.24) is 4.98 Å². The van der Waals surface area contributed by atoms with Crippen LogP contribution in [0, 0.1) is 0 Å². The number of ether oxygens (including phenoxy) is 1. The molecule has 0 amide bonds. The second-order valence-corrected chi connectivity index (χ2v) is 7.03. The standard InChI is InChI=1S/C17H29N3O/c1-6-14-11-21-12(2)10-20(14)16-8-13(9-18)7-15(19-16)17(3,4)5/h7-8,12,14H,6,9-11,18H2,1-5H3. The molecule has 2 rings (SSSR count). The van der Waals surface area contributed by atoms with Gasteiger partial charge >= 0.3 is 0 Å². The largest absolute Gasteiger partial charge is 0.375 e. The summed E-state index contributed by atoms with van der Waals surface area (Å²) < 4.78 is 5.79. The van der Waals surface area contributed by atoms with E-state index in [-0.39, 0.29) is 11.5 Å². The average molecular weight is 291 g/mol. The van der Waals surface area contributed by atoms with Gasteiger partial charge < -0.3 is 15.4 Å². The Morgan fingerprint density at radius 2 is 2.10 bits per heavy atom. The van der Waals surface area contributed by atoms with Crippen molar-refractivity contribution < 1.29 is 4.74 Å². The highest BCUT2D eigenvalue weighted by Gasteiger charge is 2.28. The zero-order chi connectivity index (χ0) is 15.6. The Hall–Kier alpha value is -1.13. The fraction of sp³-hybridized carbons (Fsp3) is 0.706. The minimum atomic E-state index is 0.0273. The van der Waals surface area contributed by atoms with Crippen LogP contribution in [0.1, 0.15) is 52.3 Å². The van der Waals surface area contributed by atoms with E-state index < -0.39 is 0 Å². The van der Waals surface area contributed by atoms with Crippen LogP contribution in [-0.4, -0.2) is 30.3 Å². The third kappa shape index (κ3) is 3.74. The Balaban J connectivity index is 2.41. The number of hydrogen-bond acceptors (Lipinski definition) is 4. The van der Waals surface area contributed by atoms with Crippen molar-refractivity contribution in [2.45, 2.75) is 65.1 Å². The highest BCUT2D eigenvalue weighted by Crippen LogP contribution is 2.28. The average Bonchev–Trinajstić information content (AvgIpc) is 2.45. The second-order valence-electron chi connectivity index (χ2n) is 7.03. The summed E-state index contributed by atoms with van der Waals surface area (Å²) in [7, 11) is 0. The lowest BCUT2D eigenvalue weighted by Gasteiger charge is -2.39. The van der Waals surface area contributed by atoms with Gasteiger partial charge in [0.1, 0.15) is 5.82 Å². The van der Waals surface area contributed by atoms with Crippen molar-refractivity contribution in [3.8, 4) is 0 Å². The normalized spacial score (nSPS) is 23.4. The first-order valence-corrected chi connectivity index (χ1v) is 7.95. The lowest BCUT2D eigenvalue weighted by molar-refractivity contribution is 0.0296. The van der Waals surface area contributed by atoms with E-state index in [2.05, 4.69) is 51.7 Å². The van der Waals surface area contributed by atoms with Gasteiger partial charge in [0, 0.05) is 24.2 Å². The fourth-order valence-electron chi connectivity index (χ4n) is 2.68. The molecule has 21 heavy (non-hydrogen) atoms. The van der Waals surface area contributed by atoms with Gasteiger partial charge in [-0.3, -0.25) is 0 Å². The summed E-state index contributed by atoms with van der Waals surface area (Å²) in [4.78, 5) is 7.32. The summed E-state index contributed by atoms with van der Waals surface area (Å²) in [6.07, 6.45) is 1.31. The highest BCUT2D eigenvalue weighted by atomic mass is 16.5. The van der Waals surface area contributed by atoms with Crippen molar-refractivity contribution >= 4 is 5.82 Å². The number of pyridine rings is 1. The Labute approximate surface area is 128 Å². The Morgan fingerprint density at radius 1 is 1.38 bits per heavy atom. The number of anilines is 1. The third-order valence-electron chi connectivity index (χ3n) is 4.11. The van der Waals surface area contributed by atoms with Crippen LogP contribution in [0.3, 0.4) is 0 Å². The summed E-state index contributed by atoms with van der Waals surface area (Å²) in [5, 5.41) is 0. The molecule has 1 aliphatic rings. The van der Waals surface area contributed by atoms with Crippen LogP contribution < -0.4 is 10.6 Å². The molecule has 118 valence electrons. The van der Waals surface area contributed by atoms with Gasteiger partial charge in [0.25, 0.3) is 0 Å². The van der Waals surface area contributed by atoms with Gasteiger partial charge in [-0.15, -0.1) is 0 Å². The van der Waals surface area contributed by atoms with Crippen molar-refractivity contribution in [2.24, 2.45) is 5.73 Å². The van der Waals surface area contributed by atoms with Crippen molar-refractivity contribution in [2.75, 3.05) is 18.1 Å². The summed E-state index contributed by atoms with van der Waals surface area (Å²) >= 11 is 0. The quantitative estimate of drug-likeness (QED) is 0.930. The molecule has 2 atom stereocenters. The van der Waals surface area contributed by atoms with Gasteiger partial charge in [-0.05, 0) is 31.0 Å². The third-order valence-corrected chi connectivity index (χ3v) is 4.11. The molecule has 1 aromatic rings. The fourth-order valence-corrected chi connectivity index (χ4v) is 2.68. The SMILES string of the molecule is CCC1COC(C)CN1c1cc(CN)cc(C(C)(C)C)n1. The number of aromatic nitrogens is 1. The van der Waals surface area contributed by atoms with Crippen LogP contribution in [0.4, 0.5) is 5.82 Å². The molecule has 0 radical (unpaired) electrons. The molecule has 0 spiro atoms. The maximum absolute atomic E-state index is 5.88. The number of hydrogen-bond donors (Lipinski definition) is 1. The van der Waals surface area contributed by atoms with E-state index in [0.29, 0.717) is 12.6 Å². The summed E-state index contributed by atoms with van der Waals surface area (Å²) in [5.74, 6) is 1.05. The van der Waals surface area contributed by atoms with Crippen LogP contribution in [-0.2, 0) is 16.7 Å². The van der Waals surface area contributed by atoms with Crippen molar-refractivity contribution in [3.63, 3.8) is 0 Å². The zero-order valence-electron chi connectivity index (χ0n) is 14.0. The first kappa shape index (κ1) is 16.2. The molecule has 2 heterocycles. The summed E-state index contributed by atoms with van der Waals surface area (Å²) in [6.45, 7) is 13.1. The number of rotatable bonds is 3. The van der Waals surface area contributed by atoms with Crippen molar-refractivity contribution in [3.05, 3.63) is 23.4 Å². The zero-order valence-corrected chi connectivity index (χ0v) is 14.0. The van der Waals surface area contributed by atoms with E-state index in [1.807, 2.05) is 0 Å². The van der Waals surface area contributed by atoms with Crippen LogP contribution >= 0.6 is 0 Å². The number of morpholine rings is 1. The topological polar surface area (TPSA) is 51.4 Å². The van der Waals surface area contributed by atoms with Gasteiger partial charge in [-0.1, -0.05) is 27.7 Å². The minimum absolute atomic E-state index is 0.0273. The van der Waals surface area contributed by atoms with Crippen LogP contribution in [0.25, 0.3) is 0 Å². The monoisotopic (exact) mass is 291 g/mol. The minimum Gasteiger partial charge on any atom is -0.375 e. The Bertz CT molecular complexity index is 481. The molecule has 2 N–H and O–H groups in total. The molecule has 4 heteroatoms. The summed E-state index contributed by atoms with van der Waals surface area (Å²) in [6, 6.07) is 4.67. The van der Waals surface area contributed by atoms with E-state index in [1.54, 1.807) is 0 Å². The predicted molar refractivity (Wildman–Crippen MR) is 87.7 cm³/mol. The molecule has 1 aromatic heterocycles. The molecule has 0 bridgehead atoms. The predicted octanol–water partition coefficient (Wildman–Crippen LogP) is 2.84. The lowest BCUT2D eigenvalue weighted by atomic mass is 9.90. The molecule has 0 aromatic carbocycles. The van der Waals surface area contributed by atoms with E-state index in [0.717, 1.165) is 36.6 Å². The first-order chi connectivity index (χ1) is 9.85. The Morgan fingerprint density at radius 3 is 2.67 bits per heavy atom. The van der Waals surface area contributed by atoms with E-state index in [1.165, 1.54) is 0 Å². The lowest BCUT2D eigenvalue weighted by Crippen LogP contribution is -2.49. The van der Waals surface area contributed by atoms with Gasteiger partial charge in [0.05, 0.1) is 18.8 Å². The maximum Gasteiger partial charge on any atom is 0.129 e. The van der Waals surface area contributed by atoms with E-state index in [9.17, 15) is 0 Å². The van der Waals surface area contributed by atoms with Gasteiger partial charge in [-0.25, -0.2) is 4.98 Å². The van der Waals surface area contributed by atoms with E-state index in [4.69, 9.17) is 15.5 Å². The van der Waals surface area contributed by atoms with Crippen molar-refractivity contribution in [1.29, 1.82) is 0 Å². The number of nitrogens with zero attached hydrogens (tertiary/aromatic N) is 2. The van der Waals surface area contributed by atoms with Crippen LogP contribution in [0.15, 0.2) is 12.1 Å². The molecule has 1 fully saturated rings. The molecule has 1 aliphatic heterocycles. The molecule has 0 aliphatic carbocycles. The summed E-state index contributed by atoms with van der Waals surface area (Å²) in [5.41, 5.74) is 8.17. The van der Waals surface area contributed by atoms with Gasteiger partial charge in [-0.2, -0.15) is 0 Å². The second kappa shape index (κ2) is 6.32. The first-order valence-electron chi connectivity index (χ1n) is 7.95. The molecule has 4 nitrogen and oxygen atoms in total. The van der Waals surface area contributed by atoms with Crippen LogP contribution in [0.5, 0.6) is 0 Å². The number of nitrogens with two attached hydrogens (primary N) is 1.